The number of morpholine rings is 1. The van der Waals surface area contributed by atoms with Gasteiger partial charge < -0.3 is 14.6 Å². The van der Waals surface area contributed by atoms with Gasteiger partial charge in [0.25, 0.3) is 0 Å². The smallest absolute Gasteiger partial charge is 0.343 e. The molecule has 1 heterocycles. The van der Waals surface area contributed by atoms with Crippen LogP contribution in [0.1, 0.15) is 41.0 Å². The van der Waals surface area contributed by atoms with E-state index in [1.54, 1.807) is 13.8 Å². The first-order chi connectivity index (χ1) is 10.9. The first kappa shape index (κ1) is 17.9. The lowest BCUT2D eigenvalue weighted by atomic mass is 10.0. The molecule has 1 aromatic rings. The molecule has 1 unspecified atom stereocenters. The number of hydrogen-bond donors (Lipinski definition) is 1. The van der Waals surface area contributed by atoms with Crippen molar-refractivity contribution in [2.24, 2.45) is 0 Å². The van der Waals surface area contributed by atoms with E-state index < -0.39 is 12.2 Å². The Morgan fingerprint density at radius 1 is 1.35 bits per heavy atom. The first-order valence-corrected chi connectivity index (χ1v) is 8.31. The fraction of sp³-hybridized carbons (Fsp3) is 0.500. The van der Waals surface area contributed by atoms with Crippen molar-refractivity contribution in [3.05, 3.63) is 27.7 Å². The summed E-state index contributed by atoms with van der Waals surface area (Å²) in [4.78, 5) is 26.2. The molecule has 23 heavy (non-hydrogen) atoms. The Hall–Kier alpha value is -1.44. The molecule has 0 aromatic heterocycles. The van der Waals surface area contributed by atoms with Gasteiger partial charge in [-0.15, -0.1) is 0 Å². The minimum absolute atomic E-state index is 0.0173. The number of hydrogen-bond acceptors (Lipinski definition) is 6. The molecule has 0 bridgehead atoms. The molecule has 126 valence electrons. The quantitative estimate of drug-likeness (QED) is 0.619. The summed E-state index contributed by atoms with van der Waals surface area (Å²) < 4.78 is 11.2. The van der Waals surface area contributed by atoms with Gasteiger partial charge in [0.15, 0.2) is 12.0 Å². The second kappa shape index (κ2) is 7.90. The van der Waals surface area contributed by atoms with Crippen LogP contribution in [-0.2, 0) is 9.47 Å². The number of phenolic OH excluding ortho intramolecular Hbond substituents is 1. The fourth-order valence-electron chi connectivity index (χ4n) is 2.39. The van der Waals surface area contributed by atoms with Crippen molar-refractivity contribution in [3.63, 3.8) is 0 Å². The summed E-state index contributed by atoms with van der Waals surface area (Å²) in [5.41, 5.74) is 0.101. The number of Topliss-reactive ketones (excluding diaryl/α,β-unsaturated/α-hetero) is 1. The summed E-state index contributed by atoms with van der Waals surface area (Å²) in [6.07, 6.45) is -0.196. The number of halogens is 1. The Labute approximate surface area is 143 Å². The van der Waals surface area contributed by atoms with Gasteiger partial charge in [-0.05, 0) is 19.1 Å². The standard InChI is InChI=1S/C16H20BrNO5/c1-3-14(19)12-8-11(17)9-13(15(12)20)16(21)23-10(2)18-4-6-22-7-5-18/h8-10,20H,3-7H2,1-2H3. The van der Waals surface area contributed by atoms with Crippen molar-refractivity contribution in [2.45, 2.75) is 26.5 Å². The van der Waals surface area contributed by atoms with Crippen LogP contribution in [0.3, 0.4) is 0 Å². The number of nitrogens with zero attached hydrogens (tertiary/aromatic N) is 1. The highest BCUT2D eigenvalue weighted by molar-refractivity contribution is 9.10. The van der Waals surface area contributed by atoms with Gasteiger partial charge in [0.2, 0.25) is 0 Å². The van der Waals surface area contributed by atoms with Crippen molar-refractivity contribution < 1.29 is 24.2 Å². The molecule has 1 aliphatic heterocycles. The van der Waals surface area contributed by atoms with E-state index in [-0.39, 0.29) is 29.1 Å². The van der Waals surface area contributed by atoms with Crippen LogP contribution >= 0.6 is 15.9 Å². The molecule has 2 rings (SSSR count). The van der Waals surface area contributed by atoms with Gasteiger partial charge in [-0.1, -0.05) is 22.9 Å². The van der Waals surface area contributed by atoms with E-state index in [2.05, 4.69) is 15.9 Å². The zero-order chi connectivity index (χ0) is 17.0. The summed E-state index contributed by atoms with van der Waals surface area (Å²) in [6.45, 7) is 6.02. The van der Waals surface area contributed by atoms with Crippen molar-refractivity contribution in [2.75, 3.05) is 26.3 Å². The fourth-order valence-corrected chi connectivity index (χ4v) is 2.85. The highest BCUT2D eigenvalue weighted by Gasteiger charge is 2.25. The number of ketones is 1. The molecule has 0 radical (unpaired) electrons. The Balaban J connectivity index is 2.18. The molecule has 0 saturated carbocycles. The number of benzene rings is 1. The van der Waals surface area contributed by atoms with Gasteiger partial charge in [0, 0.05) is 24.0 Å². The van der Waals surface area contributed by atoms with E-state index in [0.717, 1.165) is 0 Å². The van der Waals surface area contributed by atoms with Crippen molar-refractivity contribution in [1.29, 1.82) is 0 Å². The molecule has 1 aliphatic rings. The lowest BCUT2D eigenvalue weighted by Crippen LogP contribution is -2.44. The Bertz CT molecular complexity index is 598. The third kappa shape index (κ3) is 4.31. The number of rotatable bonds is 5. The lowest BCUT2D eigenvalue weighted by molar-refractivity contribution is -0.0637. The molecule has 1 atom stereocenters. The van der Waals surface area contributed by atoms with Crippen LogP contribution in [-0.4, -0.2) is 54.3 Å². The van der Waals surface area contributed by atoms with Gasteiger partial charge in [0.1, 0.15) is 11.3 Å². The highest BCUT2D eigenvalue weighted by atomic mass is 79.9. The number of aromatic hydroxyl groups is 1. The molecule has 1 saturated heterocycles. The SMILES string of the molecule is CCC(=O)c1cc(Br)cc(C(=O)OC(C)N2CCOCC2)c1O. The molecule has 1 N–H and O–H groups in total. The molecule has 7 heteroatoms. The average molecular weight is 386 g/mol. The summed E-state index contributed by atoms with van der Waals surface area (Å²) in [5.74, 6) is -1.23. The topological polar surface area (TPSA) is 76.1 Å². The Kier molecular flexibility index (Phi) is 6.15. The summed E-state index contributed by atoms with van der Waals surface area (Å²) in [5, 5.41) is 10.2. The van der Waals surface area contributed by atoms with Crippen LogP contribution in [0.25, 0.3) is 0 Å². The highest BCUT2D eigenvalue weighted by Crippen LogP contribution is 2.29. The van der Waals surface area contributed by atoms with E-state index in [1.165, 1.54) is 12.1 Å². The summed E-state index contributed by atoms with van der Waals surface area (Å²) in [7, 11) is 0. The number of phenols is 1. The molecule has 0 amide bonds. The largest absolute Gasteiger partial charge is 0.506 e. The van der Waals surface area contributed by atoms with Gasteiger partial charge >= 0.3 is 5.97 Å². The Morgan fingerprint density at radius 3 is 2.57 bits per heavy atom. The molecular weight excluding hydrogens is 366 g/mol. The second-order valence-electron chi connectivity index (χ2n) is 5.28. The third-order valence-corrected chi connectivity index (χ3v) is 4.21. The number of ether oxygens (including phenoxy) is 2. The zero-order valence-electron chi connectivity index (χ0n) is 13.2. The normalized spacial score (nSPS) is 16.8. The monoisotopic (exact) mass is 385 g/mol. The molecule has 6 nitrogen and oxygen atoms in total. The van der Waals surface area contributed by atoms with Crippen LogP contribution in [0, 0.1) is 0 Å². The van der Waals surface area contributed by atoms with Crippen molar-refractivity contribution in [1.82, 2.24) is 4.90 Å². The van der Waals surface area contributed by atoms with Crippen molar-refractivity contribution in [3.8, 4) is 5.75 Å². The van der Waals surface area contributed by atoms with Crippen LogP contribution in [0.2, 0.25) is 0 Å². The first-order valence-electron chi connectivity index (χ1n) is 7.52. The molecule has 0 spiro atoms. The van der Waals surface area contributed by atoms with Gasteiger partial charge in [0.05, 0.1) is 18.8 Å². The van der Waals surface area contributed by atoms with Crippen LogP contribution in [0.4, 0.5) is 0 Å². The van der Waals surface area contributed by atoms with E-state index in [1.807, 2.05) is 4.90 Å². The minimum atomic E-state index is -0.659. The maximum atomic E-state index is 12.4. The van der Waals surface area contributed by atoms with Crippen LogP contribution in [0.15, 0.2) is 16.6 Å². The minimum Gasteiger partial charge on any atom is -0.506 e. The zero-order valence-corrected chi connectivity index (χ0v) is 14.8. The summed E-state index contributed by atoms with van der Waals surface area (Å²) >= 11 is 3.26. The number of carbonyl (C=O) groups excluding carboxylic acids is 2. The number of esters is 1. The maximum Gasteiger partial charge on any atom is 0.343 e. The maximum absolute atomic E-state index is 12.4. The van der Waals surface area contributed by atoms with E-state index >= 15 is 0 Å². The molecule has 1 aromatic carbocycles. The predicted molar refractivity (Wildman–Crippen MR) is 87.7 cm³/mol. The van der Waals surface area contributed by atoms with Crippen molar-refractivity contribution >= 4 is 27.7 Å². The van der Waals surface area contributed by atoms with E-state index in [0.29, 0.717) is 30.8 Å². The molecular formula is C16H20BrNO5. The average Bonchev–Trinajstić information content (AvgIpc) is 2.56. The van der Waals surface area contributed by atoms with Gasteiger partial charge in [-0.25, -0.2) is 4.79 Å². The van der Waals surface area contributed by atoms with Gasteiger partial charge in [-0.3, -0.25) is 9.69 Å². The summed E-state index contributed by atoms with van der Waals surface area (Å²) in [6, 6.07) is 2.96. The second-order valence-corrected chi connectivity index (χ2v) is 6.19. The Morgan fingerprint density at radius 2 is 1.96 bits per heavy atom. The van der Waals surface area contributed by atoms with E-state index in [9.17, 15) is 14.7 Å². The van der Waals surface area contributed by atoms with Gasteiger partial charge in [-0.2, -0.15) is 0 Å². The van der Waals surface area contributed by atoms with E-state index in [4.69, 9.17) is 9.47 Å². The third-order valence-electron chi connectivity index (χ3n) is 3.75. The van der Waals surface area contributed by atoms with Crippen LogP contribution < -0.4 is 0 Å². The predicted octanol–water partition coefficient (Wildman–Crippen LogP) is 2.58. The number of carbonyl (C=O) groups is 2. The molecule has 1 fully saturated rings. The lowest BCUT2D eigenvalue weighted by Gasteiger charge is -2.31. The van der Waals surface area contributed by atoms with Crippen LogP contribution in [0.5, 0.6) is 5.75 Å². The molecule has 0 aliphatic carbocycles.